The summed E-state index contributed by atoms with van der Waals surface area (Å²) in [5, 5.41) is 5.20. The van der Waals surface area contributed by atoms with Gasteiger partial charge in [0.2, 0.25) is 0 Å². The summed E-state index contributed by atoms with van der Waals surface area (Å²) in [6, 6.07) is 4.51. The molecule has 2 aromatic heterocycles. The number of aromatic nitrogens is 2. The SMILES string of the molecule is CSc1ccc(CN2CCCN(Cc3c(C)nn(C)c3Cl)CC2)s1. The van der Waals surface area contributed by atoms with E-state index in [-0.39, 0.29) is 0 Å². The number of nitrogens with zero attached hydrogens (tertiary/aromatic N) is 4. The lowest BCUT2D eigenvalue weighted by molar-refractivity contribution is 0.248. The molecule has 1 saturated heterocycles. The van der Waals surface area contributed by atoms with E-state index in [1.54, 1.807) is 4.68 Å². The van der Waals surface area contributed by atoms with E-state index in [0.29, 0.717) is 0 Å². The monoisotopic (exact) mass is 384 g/mol. The third kappa shape index (κ3) is 4.35. The number of thiophene rings is 1. The molecule has 132 valence electrons. The Labute approximate surface area is 157 Å². The molecule has 0 spiro atoms. The summed E-state index contributed by atoms with van der Waals surface area (Å²) in [4.78, 5) is 6.56. The predicted octanol–water partition coefficient (Wildman–Crippen LogP) is 3.87. The molecule has 1 fully saturated rings. The van der Waals surface area contributed by atoms with Crippen molar-refractivity contribution in [1.82, 2.24) is 19.6 Å². The van der Waals surface area contributed by atoms with Crippen molar-refractivity contribution in [3.05, 3.63) is 33.4 Å². The highest BCUT2D eigenvalue weighted by molar-refractivity contribution is 8.00. The number of aryl methyl sites for hydroxylation is 2. The Hall–Kier alpha value is -0.530. The topological polar surface area (TPSA) is 24.3 Å². The first kappa shape index (κ1) is 18.3. The van der Waals surface area contributed by atoms with Crippen LogP contribution in [0.15, 0.2) is 16.3 Å². The smallest absolute Gasteiger partial charge is 0.131 e. The summed E-state index contributed by atoms with van der Waals surface area (Å²) >= 11 is 10.1. The number of hydrogen-bond donors (Lipinski definition) is 0. The Balaban J connectivity index is 1.56. The van der Waals surface area contributed by atoms with Gasteiger partial charge in [0.1, 0.15) is 5.15 Å². The van der Waals surface area contributed by atoms with E-state index < -0.39 is 0 Å². The maximum Gasteiger partial charge on any atom is 0.131 e. The Morgan fingerprint density at radius 2 is 1.88 bits per heavy atom. The van der Waals surface area contributed by atoms with Gasteiger partial charge in [-0.05, 0) is 44.8 Å². The molecular weight excluding hydrogens is 360 g/mol. The van der Waals surface area contributed by atoms with Crippen molar-refractivity contribution in [2.24, 2.45) is 7.05 Å². The summed E-state index contributed by atoms with van der Waals surface area (Å²) in [5.41, 5.74) is 2.22. The summed E-state index contributed by atoms with van der Waals surface area (Å²) in [5.74, 6) is 0. The lowest BCUT2D eigenvalue weighted by Gasteiger charge is -2.21. The molecule has 7 heteroatoms. The van der Waals surface area contributed by atoms with Gasteiger partial charge in [-0.1, -0.05) is 11.6 Å². The Morgan fingerprint density at radius 3 is 2.46 bits per heavy atom. The zero-order valence-electron chi connectivity index (χ0n) is 14.6. The van der Waals surface area contributed by atoms with Crippen LogP contribution >= 0.6 is 34.7 Å². The largest absolute Gasteiger partial charge is 0.298 e. The Bertz CT molecular complexity index is 682. The lowest BCUT2D eigenvalue weighted by Crippen LogP contribution is -2.30. The van der Waals surface area contributed by atoms with Crippen LogP contribution in [0.4, 0.5) is 0 Å². The number of hydrogen-bond acceptors (Lipinski definition) is 5. The normalized spacial score (nSPS) is 17.3. The zero-order valence-corrected chi connectivity index (χ0v) is 17.0. The van der Waals surface area contributed by atoms with Gasteiger partial charge in [0.05, 0.1) is 9.90 Å². The minimum atomic E-state index is 0.775. The average Bonchev–Trinajstić information content (AvgIpc) is 3.02. The van der Waals surface area contributed by atoms with E-state index in [9.17, 15) is 0 Å². The second-order valence-corrected chi connectivity index (χ2v) is 8.94. The van der Waals surface area contributed by atoms with Gasteiger partial charge >= 0.3 is 0 Å². The molecule has 4 nitrogen and oxygen atoms in total. The molecule has 1 aliphatic heterocycles. The maximum atomic E-state index is 6.39. The van der Waals surface area contributed by atoms with Crippen LogP contribution < -0.4 is 0 Å². The first-order valence-corrected chi connectivity index (χ1v) is 10.7. The van der Waals surface area contributed by atoms with Crippen LogP contribution in [0.25, 0.3) is 0 Å². The quantitative estimate of drug-likeness (QED) is 0.730. The van der Waals surface area contributed by atoms with Crippen molar-refractivity contribution in [3.63, 3.8) is 0 Å². The van der Waals surface area contributed by atoms with Gasteiger partial charge in [-0.2, -0.15) is 5.10 Å². The van der Waals surface area contributed by atoms with Gasteiger partial charge in [0.15, 0.2) is 0 Å². The van der Waals surface area contributed by atoms with Gasteiger partial charge in [-0.15, -0.1) is 23.1 Å². The molecule has 0 atom stereocenters. The molecule has 0 aliphatic carbocycles. The van der Waals surface area contributed by atoms with Gasteiger partial charge in [-0.3, -0.25) is 14.5 Å². The molecule has 0 aromatic carbocycles. The number of halogens is 1. The summed E-state index contributed by atoms with van der Waals surface area (Å²) in [7, 11) is 1.91. The first-order valence-electron chi connectivity index (χ1n) is 8.32. The Kier molecular flexibility index (Phi) is 6.27. The maximum absolute atomic E-state index is 6.39. The molecular formula is C17H25ClN4S2. The molecule has 2 aromatic rings. The number of thioether (sulfide) groups is 1. The van der Waals surface area contributed by atoms with Gasteiger partial charge in [0, 0.05) is 43.7 Å². The van der Waals surface area contributed by atoms with Crippen LogP contribution in [-0.4, -0.2) is 52.0 Å². The molecule has 3 rings (SSSR count). The predicted molar refractivity (Wildman–Crippen MR) is 104 cm³/mol. The molecule has 0 N–H and O–H groups in total. The van der Waals surface area contributed by atoms with Crippen LogP contribution in [0.2, 0.25) is 5.15 Å². The standard InChI is InChI=1S/C17H25ClN4S2/c1-13-15(17(18)20(2)19-13)12-22-8-4-7-21(9-10-22)11-14-5-6-16(23-3)24-14/h5-6H,4,7-12H2,1-3H3. The van der Waals surface area contributed by atoms with Crippen molar-refractivity contribution >= 4 is 34.7 Å². The van der Waals surface area contributed by atoms with Gasteiger partial charge in [0.25, 0.3) is 0 Å². The summed E-state index contributed by atoms with van der Waals surface area (Å²) in [6.07, 6.45) is 3.35. The highest BCUT2D eigenvalue weighted by atomic mass is 35.5. The van der Waals surface area contributed by atoms with Crippen LogP contribution in [-0.2, 0) is 20.1 Å². The van der Waals surface area contributed by atoms with E-state index in [2.05, 4.69) is 33.3 Å². The minimum absolute atomic E-state index is 0.775. The number of rotatable bonds is 5. The van der Waals surface area contributed by atoms with Gasteiger partial charge in [-0.25, -0.2) is 0 Å². The summed E-state index contributed by atoms with van der Waals surface area (Å²) in [6.45, 7) is 8.53. The fourth-order valence-corrected chi connectivity index (χ4v) is 5.06. The third-order valence-corrected chi connectivity index (χ3v) is 7.18. The van der Waals surface area contributed by atoms with E-state index in [1.165, 1.54) is 27.6 Å². The molecule has 0 radical (unpaired) electrons. The average molecular weight is 385 g/mol. The molecule has 3 heterocycles. The van der Waals surface area contributed by atoms with E-state index in [1.807, 2.05) is 37.1 Å². The van der Waals surface area contributed by atoms with Crippen LogP contribution in [0, 0.1) is 6.92 Å². The lowest BCUT2D eigenvalue weighted by atomic mass is 10.2. The molecule has 1 aliphatic rings. The van der Waals surface area contributed by atoms with Crippen LogP contribution in [0.5, 0.6) is 0 Å². The van der Waals surface area contributed by atoms with Crippen molar-refractivity contribution in [3.8, 4) is 0 Å². The van der Waals surface area contributed by atoms with Crippen LogP contribution in [0.3, 0.4) is 0 Å². The van der Waals surface area contributed by atoms with Crippen molar-refractivity contribution in [2.45, 2.75) is 30.6 Å². The first-order chi connectivity index (χ1) is 11.6. The second-order valence-electron chi connectivity index (χ2n) is 6.31. The molecule has 0 bridgehead atoms. The molecule has 0 unspecified atom stereocenters. The summed E-state index contributed by atoms with van der Waals surface area (Å²) < 4.78 is 3.18. The van der Waals surface area contributed by atoms with Gasteiger partial charge < -0.3 is 0 Å². The fraction of sp³-hybridized carbons (Fsp3) is 0.588. The highest BCUT2D eigenvalue weighted by Crippen LogP contribution is 2.26. The fourth-order valence-electron chi connectivity index (χ4n) is 3.19. The van der Waals surface area contributed by atoms with E-state index >= 15 is 0 Å². The van der Waals surface area contributed by atoms with Crippen molar-refractivity contribution in [2.75, 3.05) is 32.4 Å². The zero-order chi connectivity index (χ0) is 17.1. The highest BCUT2D eigenvalue weighted by Gasteiger charge is 2.19. The second kappa shape index (κ2) is 8.23. The van der Waals surface area contributed by atoms with Crippen molar-refractivity contribution < 1.29 is 0 Å². The van der Waals surface area contributed by atoms with Crippen LogP contribution in [0.1, 0.15) is 22.6 Å². The molecule has 0 saturated carbocycles. The minimum Gasteiger partial charge on any atom is -0.298 e. The molecule has 0 amide bonds. The van der Waals surface area contributed by atoms with E-state index in [4.69, 9.17) is 11.6 Å². The molecule has 24 heavy (non-hydrogen) atoms. The Morgan fingerprint density at radius 1 is 1.17 bits per heavy atom. The van der Waals surface area contributed by atoms with Crippen molar-refractivity contribution in [1.29, 1.82) is 0 Å². The third-order valence-electron chi connectivity index (χ3n) is 4.55. The van der Waals surface area contributed by atoms with E-state index in [0.717, 1.165) is 43.6 Å².